The summed E-state index contributed by atoms with van der Waals surface area (Å²) in [5, 5.41) is 12.2. The van der Waals surface area contributed by atoms with Gasteiger partial charge >= 0.3 is 0 Å². The first kappa shape index (κ1) is 18.7. The number of ether oxygens (including phenoxy) is 2. The third kappa shape index (κ3) is 4.75. The van der Waals surface area contributed by atoms with Crippen molar-refractivity contribution < 1.29 is 19.4 Å². The average Bonchev–Trinajstić information content (AvgIpc) is 3.22. The van der Waals surface area contributed by atoms with E-state index in [1.807, 2.05) is 34.5 Å². The molecule has 1 aromatic heterocycles. The number of para-hydroxylation sites is 2. The fourth-order valence-corrected chi connectivity index (χ4v) is 3.67. The van der Waals surface area contributed by atoms with E-state index in [9.17, 15) is 9.90 Å². The Morgan fingerprint density at radius 2 is 1.88 bits per heavy atom. The molecule has 1 fully saturated rings. The Kier molecular flexibility index (Phi) is 6.49. The summed E-state index contributed by atoms with van der Waals surface area (Å²) >= 11 is 1.56. The minimum Gasteiger partial charge on any atom is -0.493 e. The van der Waals surface area contributed by atoms with Crippen molar-refractivity contribution >= 4 is 17.2 Å². The summed E-state index contributed by atoms with van der Waals surface area (Å²) in [4.78, 5) is 17.4. The summed E-state index contributed by atoms with van der Waals surface area (Å²) in [6.45, 7) is 3.39. The number of β-amino-alcohol motifs (C(OH)–C–C–N with tert-alkyl or cyclic N) is 1. The van der Waals surface area contributed by atoms with Crippen molar-refractivity contribution in [1.82, 2.24) is 9.80 Å². The van der Waals surface area contributed by atoms with Gasteiger partial charge in [0.15, 0.2) is 18.1 Å². The minimum absolute atomic E-state index is 0.00179. The Balaban J connectivity index is 1.43. The van der Waals surface area contributed by atoms with Crippen LogP contribution in [0.2, 0.25) is 0 Å². The third-order valence-corrected chi connectivity index (χ3v) is 5.42. The number of benzene rings is 1. The number of thiophene rings is 1. The zero-order valence-electron chi connectivity index (χ0n) is 14.8. The molecule has 0 radical (unpaired) electrons. The fraction of sp³-hybridized carbons (Fsp3) is 0.421. The molecule has 0 bridgehead atoms. The maximum absolute atomic E-state index is 12.4. The minimum atomic E-state index is -0.467. The topological polar surface area (TPSA) is 62.2 Å². The van der Waals surface area contributed by atoms with Crippen LogP contribution in [0.15, 0.2) is 41.8 Å². The van der Waals surface area contributed by atoms with Gasteiger partial charge in [0, 0.05) is 37.6 Å². The maximum atomic E-state index is 12.4. The van der Waals surface area contributed by atoms with Gasteiger partial charge in [-0.2, -0.15) is 0 Å². The number of aliphatic hydroxyl groups excluding tert-OH is 1. The van der Waals surface area contributed by atoms with E-state index >= 15 is 0 Å². The van der Waals surface area contributed by atoms with Crippen molar-refractivity contribution in [3.05, 3.63) is 46.7 Å². The first-order valence-corrected chi connectivity index (χ1v) is 9.52. The molecule has 6 nitrogen and oxygen atoms in total. The zero-order valence-corrected chi connectivity index (χ0v) is 15.7. The van der Waals surface area contributed by atoms with Crippen LogP contribution < -0.4 is 9.47 Å². The normalized spacial score (nSPS) is 16.3. The monoisotopic (exact) mass is 376 g/mol. The van der Waals surface area contributed by atoms with Crippen molar-refractivity contribution in [3.63, 3.8) is 0 Å². The second-order valence-corrected chi connectivity index (χ2v) is 7.13. The molecule has 1 aromatic carbocycles. The Hall–Kier alpha value is -2.09. The Morgan fingerprint density at radius 1 is 1.15 bits per heavy atom. The fourth-order valence-electron chi connectivity index (χ4n) is 2.96. The van der Waals surface area contributed by atoms with Crippen LogP contribution in [0.3, 0.4) is 0 Å². The number of nitrogens with zero attached hydrogens (tertiary/aromatic N) is 2. The molecule has 1 saturated heterocycles. The third-order valence-electron chi connectivity index (χ3n) is 4.45. The first-order valence-electron chi connectivity index (χ1n) is 8.65. The van der Waals surface area contributed by atoms with Gasteiger partial charge in [-0.1, -0.05) is 18.2 Å². The molecule has 3 rings (SSSR count). The molecule has 2 aromatic rings. The smallest absolute Gasteiger partial charge is 0.260 e. The number of rotatable bonds is 7. The number of amides is 1. The van der Waals surface area contributed by atoms with E-state index in [4.69, 9.17) is 9.47 Å². The highest BCUT2D eigenvalue weighted by molar-refractivity contribution is 7.10. The van der Waals surface area contributed by atoms with Gasteiger partial charge in [0.05, 0.1) is 7.11 Å². The molecule has 140 valence electrons. The molecule has 0 aliphatic carbocycles. The van der Waals surface area contributed by atoms with E-state index < -0.39 is 6.10 Å². The molecule has 1 aliphatic rings. The molecule has 1 amide bonds. The highest BCUT2D eigenvalue weighted by Gasteiger charge is 2.23. The number of carbonyl (C=O) groups is 1. The van der Waals surface area contributed by atoms with Gasteiger partial charge in [-0.25, -0.2) is 0 Å². The molecular weight excluding hydrogens is 352 g/mol. The quantitative estimate of drug-likeness (QED) is 0.801. The van der Waals surface area contributed by atoms with E-state index in [2.05, 4.69) is 4.90 Å². The molecule has 1 unspecified atom stereocenters. The van der Waals surface area contributed by atoms with Crippen molar-refractivity contribution in [2.24, 2.45) is 0 Å². The number of hydrogen-bond donors (Lipinski definition) is 1. The van der Waals surface area contributed by atoms with E-state index in [0.717, 1.165) is 18.0 Å². The summed E-state index contributed by atoms with van der Waals surface area (Å²) in [6.07, 6.45) is -0.467. The summed E-state index contributed by atoms with van der Waals surface area (Å²) in [5.41, 5.74) is 0. The summed E-state index contributed by atoms with van der Waals surface area (Å²) in [6, 6.07) is 11.2. The van der Waals surface area contributed by atoms with Crippen LogP contribution in [0.1, 0.15) is 11.0 Å². The lowest BCUT2D eigenvalue weighted by Gasteiger charge is -2.35. The number of piperazine rings is 1. The van der Waals surface area contributed by atoms with Crippen LogP contribution in [-0.2, 0) is 4.79 Å². The Bertz CT molecular complexity index is 699. The number of aliphatic hydroxyl groups is 1. The molecule has 0 spiro atoms. The standard InChI is InChI=1S/C19H24N2O4S/c1-24-16-5-2-3-6-17(16)25-14-19(23)21-10-8-20(9-11-21)13-15(22)18-7-4-12-26-18/h2-7,12,15,22H,8-11,13-14H2,1H3. The van der Waals surface area contributed by atoms with E-state index in [1.54, 1.807) is 30.6 Å². The van der Waals surface area contributed by atoms with Gasteiger partial charge in [-0.15, -0.1) is 11.3 Å². The van der Waals surface area contributed by atoms with Crippen molar-refractivity contribution in [2.75, 3.05) is 46.4 Å². The van der Waals surface area contributed by atoms with Crippen LogP contribution in [0, 0.1) is 0 Å². The molecule has 1 N–H and O–H groups in total. The summed E-state index contributed by atoms with van der Waals surface area (Å²) < 4.78 is 10.8. The van der Waals surface area contributed by atoms with Crippen molar-refractivity contribution in [3.8, 4) is 11.5 Å². The number of hydrogen-bond acceptors (Lipinski definition) is 6. The van der Waals surface area contributed by atoms with Crippen molar-refractivity contribution in [1.29, 1.82) is 0 Å². The summed E-state index contributed by atoms with van der Waals surface area (Å²) in [5.74, 6) is 1.16. The van der Waals surface area contributed by atoms with Gasteiger partial charge in [0.1, 0.15) is 6.10 Å². The lowest BCUT2D eigenvalue weighted by atomic mass is 10.2. The van der Waals surface area contributed by atoms with E-state index in [-0.39, 0.29) is 12.5 Å². The van der Waals surface area contributed by atoms with Gasteiger partial charge in [-0.3, -0.25) is 9.69 Å². The molecule has 0 saturated carbocycles. The largest absolute Gasteiger partial charge is 0.493 e. The second-order valence-electron chi connectivity index (χ2n) is 6.15. The van der Waals surface area contributed by atoms with Crippen molar-refractivity contribution in [2.45, 2.75) is 6.10 Å². The van der Waals surface area contributed by atoms with Gasteiger partial charge in [-0.05, 0) is 23.6 Å². The molecule has 2 heterocycles. The SMILES string of the molecule is COc1ccccc1OCC(=O)N1CCN(CC(O)c2cccs2)CC1. The first-order chi connectivity index (χ1) is 12.7. The number of carbonyl (C=O) groups excluding carboxylic acids is 1. The molecule has 7 heteroatoms. The Labute approximate surface area is 157 Å². The van der Waals surface area contributed by atoms with E-state index in [0.29, 0.717) is 31.1 Å². The van der Waals surface area contributed by atoms with Crippen LogP contribution in [0.4, 0.5) is 0 Å². The molecule has 1 aliphatic heterocycles. The zero-order chi connectivity index (χ0) is 18.4. The molecular formula is C19H24N2O4S. The average molecular weight is 376 g/mol. The summed E-state index contributed by atoms with van der Waals surface area (Å²) in [7, 11) is 1.58. The van der Waals surface area contributed by atoms with Crippen LogP contribution >= 0.6 is 11.3 Å². The lowest BCUT2D eigenvalue weighted by molar-refractivity contribution is -0.135. The van der Waals surface area contributed by atoms with Gasteiger partial charge < -0.3 is 19.5 Å². The lowest BCUT2D eigenvalue weighted by Crippen LogP contribution is -2.50. The van der Waals surface area contributed by atoms with Crippen LogP contribution in [-0.4, -0.2) is 67.3 Å². The highest BCUT2D eigenvalue weighted by atomic mass is 32.1. The van der Waals surface area contributed by atoms with Crippen LogP contribution in [0.25, 0.3) is 0 Å². The van der Waals surface area contributed by atoms with E-state index in [1.165, 1.54) is 0 Å². The molecule has 1 atom stereocenters. The maximum Gasteiger partial charge on any atom is 0.260 e. The van der Waals surface area contributed by atoms with Gasteiger partial charge in [0.2, 0.25) is 0 Å². The highest BCUT2D eigenvalue weighted by Crippen LogP contribution is 2.25. The predicted octanol–water partition coefficient (Wildman–Crippen LogP) is 2.01. The second kappa shape index (κ2) is 9.02. The van der Waals surface area contributed by atoms with Gasteiger partial charge in [0.25, 0.3) is 5.91 Å². The predicted molar refractivity (Wildman–Crippen MR) is 101 cm³/mol. The Morgan fingerprint density at radius 3 is 2.54 bits per heavy atom. The number of methoxy groups -OCH3 is 1. The molecule has 26 heavy (non-hydrogen) atoms. The van der Waals surface area contributed by atoms with Crippen LogP contribution in [0.5, 0.6) is 11.5 Å².